The molecule has 0 aliphatic heterocycles. The summed E-state index contributed by atoms with van der Waals surface area (Å²) in [6, 6.07) is 16.6. The van der Waals surface area contributed by atoms with Crippen LogP contribution in [0.2, 0.25) is 0 Å². The first-order valence-corrected chi connectivity index (χ1v) is 6.19. The molecule has 3 rings (SSSR count). The molecule has 0 fully saturated rings. The third-order valence-corrected chi connectivity index (χ3v) is 3.26. The lowest BCUT2D eigenvalue weighted by Gasteiger charge is -2.08. The number of methoxy groups -OCH3 is 1. The third kappa shape index (κ3) is 1.82. The van der Waals surface area contributed by atoms with E-state index in [1.165, 1.54) is 0 Å². The first kappa shape index (κ1) is 12.3. The minimum atomic E-state index is -0.966. The van der Waals surface area contributed by atoms with E-state index in [-0.39, 0.29) is 5.69 Å². The van der Waals surface area contributed by atoms with Gasteiger partial charge in [-0.2, -0.15) is 0 Å². The van der Waals surface area contributed by atoms with Crippen molar-refractivity contribution in [2.75, 3.05) is 7.11 Å². The summed E-state index contributed by atoms with van der Waals surface area (Å²) in [5.74, 6) is -0.299. The van der Waals surface area contributed by atoms with Gasteiger partial charge in [0.2, 0.25) is 0 Å². The molecule has 1 N–H and O–H groups in total. The van der Waals surface area contributed by atoms with Crippen molar-refractivity contribution in [3.05, 3.63) is 60.3 Å². The molecule has 0 saturated carbocycles. The molecule has 1 heterocycles. The fourth-order valence-corrected chi connectivity index (χ4v) is 2.39. The zero-order chi connectivity index (χ0) is 14.1. The molecular formula is C16H13NO3. The molecule has 0 unspecified atom stereocenters. The summed E-state index contributed by atoms with van der Waals surface area (Å²) in [5.41, 5.74) is 1.84. The minimum absolute atomic E-state index is 0.218. The molecule has 0 bridgehead atoms. The molecule has 0 aliphatic rings. The van der Waals surface area contributed by atoms with E-state index in [9.17, 15) is 9.90 Å². The summed E-state index contributed by atoms with van der Waals surface area (Å²) in [5, 5.41) is 10.2. The van der Waals surface area contributed by atoms with Crippen molar-refractivity contribution in [1.82, 2.24) is 4.57 Å². The Morgan fingerprint density at radius 3 is 2.50 bits per heavy atom. The molecule has 0 amide bonds. The van der Waals surface area contributed by atoms with Crippen LogP contribution in [0.1, 0.15) is 10.5 Å². The molecule has 2 aromatic carbocycles. The molecule has 0 saturated heterocycles. The maximum Gasteiger partial charge on any atom is 0.352 e. The molecule has 0 aliphatic carbocycles. The van der Waals surface area contributed by atoms with Crippen molar-refractivity contribution in [2.45, 2.75) is 0 Å². The molecule has 1 aromatic heterocycles. The quantitative estimate of drug-likeness (QED) is 0.791. The number of carboxylic acid groups (broad SMARTS) is 1. The highest BCUT2D eigenvalue weighted by Gasteiger charge is 2.17. The van der Waals surface area contributed by atoms with Crippen LogP contribution in [0.3, 0.4) is 0 Å². The Bertz CT molecular complexity index is 775. The highest BCUT2D eigenvalue weighted by atomic mass is 16.5. The largest absolute Gasteiger partial charge is 0.496 e. The number of carboxylic acids is 1. The number of aromatic nitrogens is 1. The van der Waals surface area contributed by atoms with E-state index >= 15 is 0 Å². The summed E-state index contributed by atoms with van der Waals surface area (Å²) in [6.07, 6.45) is 0. The number of hydrogen-bond donors (Lipinski definition) is 1. The Morgan fingerprint density at radius 1 is 1.10 bits per heavy atom. The van der Waals surface area contributed by atoms with E-state index < -0.39 is 5.97 Å². The zero-order valence-electron chi connectivity index (χ0n) is 10.9. The first-order chi connectivity index (χ1) is 9.72. The summed E-state index contributed by atoms with van der Waals surface area (Å²) in [4.78, 5) is 11.5. The number of ether oxygens (including phenoxy) is 1. The highest BCUT2D eigenvalue weighted by molar-refractivity contribution is 5.98. The number of nitrogens with zero attached hydrogens (tertiary/aromatic N) is 1. The van der Waals surface area contributed by atoms with Gasteiger partial charge in [0.15, 0.2) is 0 Å². The number of benzene rings is 2. The van der Waals surface area contributed by atoms with Gasteiger partial charge in [0.05, 0.1) is 12.6 Å². The van der Waals surface area contributed by atoms with Crippen LogP contribution in [0.4, 0.5) is 0 Å². The zero-order valence-corrected chi connectivity index (χ0v) is 10.9. The Kier molecular flexibility index (Phi) is 2.91. The molecule has 0 atom stereocenters. The second-order valence-corrected chi connectivity index (χ2v) is 4.40. The molecule has 0 radical (unpaired) electrons. The van der Waals surface area contributed by atoms with Gasteiger partial charge < -0.3 is 14.4 Å². The number of para-hydroxylation sites is 1. The van der Waals surface area contributed by atoms with Gasteiger partial charge in [0, 0.05) is 11.1 Å². The third-order valence-electron chi connectivity index (χ3n) is 3.26. The topological polar surface area (TPSA) is 51.5 Å². The van der Waals surface area contributed by atoms with Crippen LogP contribution in [0.25, 0.3) is 16.6 Å². The molecule has 20 heavy (non-hydrogen) atoms. The minimum Gasteiger partial charge on any atom is -0.496 e. The van der Waals surface area contributed by atoms with E-state index in [0.717, 1.165) is 16.6 Å². The van der Waals surface area contributed by atoms with E-state index in [1.54, 1.807) is 17.7 Å². The van der Waals surface area contributed by atoms with E-state index in [0.29, 0.717) is 5.75 Å². The fraction of sp³-hybridized carbons (Fsp3) is 0.0625. The van der Waals surface area contributed by atoms with Gasteiger partial charge in [-0.05, 0) is 30.3 Å². The maximum absolute atomic E-state index is 11.5. The average Bonchev–Trinajstić information content (AvgIpc) is 2.87. The Balaban J connectivity index is 2.40. The molecular weight excluding hydrogens is 254 g/mol. The van der Waals surface area contributed by atoms with Crippen LogP contribution in [-0.2, 0) is 0 Å². The van der Waals surface area contributed by atoms with Gasteiger partial charge in [0.1, 0.15) is 11.4 Å². The van der Waals surface area contributed by atoms with Crippen molar-refractivity contribution in [3.8, 4) is 11.4 Å². The number of hydrogen-bond acceptors (Lipinski definition) is 2. The summed E-state index contributed by atoms with van der Waals surface area (Å²) in [6.45, 7) is 0. The first-order valence-electron chi connectivity index (χ1n) is 6.19. The van der Waals surface area contributed by atoms with Crippen LogP contribution in [-0.4, -0.2) is 22.8 Å². The fourth-order valence-electron chi connectivity index (χ4n) is 2.39. The summed E-state index contributed by atoms with van der Waals surface area (Å²) in [7, 11) is 1.58. The summed E-state index contributed by atoms with van der Waals surface area (Å²) >= 11 is 0. The van der Waals surface area contributed by atoms with Crippen molar-refractivity contribution in [2.24, 2.45) is 0 Å². The highest BCUT2D eigenvalue weighted by Crippen LogP contribution is 2.31. The monoisotopic (exact) mass is 267 g/mol. The van der Waals surface area contributed by atoms with E-state index in [2.05, 4.69) is 0 Å². The van der Waals surface area contributed by atoms with Gasteiger partial charge in [-0.15, -0.1) is 0 Å². The Labute approximate surface area is 115 Å². The lowest BCUT2D eigenvalue weighted by Crippen LogP contribution is -2.06. The van der Waals surface area contributed by atoms with Crippen molar-refractivity contribution < 1.29 is 14.6 Å². The van der Waals surface area contributed by atoms with E-state index in [1.807, 2.05) is 48.5 Å². The predicted molar refractivity (Wildman–Crippen MR) is 76.8 cm³/mol. The number of aromatic carboxylic acids is 1. The van der Waals surface area contributed by atoms with Gasteiger partial charge in [-0.3, -0.25) is 0 Å². The van der Waals surface area contributed by atoms with Gasteiger partial charge in [0.25, 0.3) is 0 Å². The molecule has 3 aromatic rings. The number of fused-ring (bicyclic) bond motifs is 1. The second-order valence-electron chi connectivity index (χ2n) is 4.40. The normalized spacial score (nSPS) is 10.7. The van der Waals surface area contributed by atoms with Crippen LogP contribution >= 0.6 is 0 Å². The van der Waals surface area contributed by atoms with Crippen LogP contribution < -0.4 is 4.74 Å². The van der Waals surface area contributed by atoms with Gasteiger partial charge in [-0.1, -0.05) is 24.3 Å². The lowest BCUT2D eigenvalue weighted by atomic mass is 10.2. The summed E-state index contributed by atoms with van der Waals surface area (Å²) < 4.78 is 7.03. The van der Waals surface area contributed by atoms with Gasteiger partial charge in [-0.25, -0.2) is 4.79 Å². The molecule has 4 heteroatoms. The van der Waals surface area contributed by atoms with Crippen LogP contribution in [0.15, 0.2) is 54.6 Å². The predicted octanol–water partition coefficient (Wildman–Crippen LogP) is 3.34. The Hall–Kier alpha value is -2.75. The smallest absolute Gasteiger partial charge is 0.352 e. The van der Waals surface area contributed by atoms with E-state index in [4.69, 9.17) is 4.74 Å². The van der Waals surface area contributed by atoms with Crippen LogP contribution in [0.5, 0.6) is 5.75 Å². The van der Waals surface area contributed by atoms with Crippen molar-refractivity contribution in [1.29, 1.82) is 0 Å². The van der Waals surface area contributed by atoms with Crippen LogP contribution in [0, 0.1) is 0 Å². The SMILES string of the molecule is COc1cccc2c1cc(C(=O)O)n2-c1ccccc1. The lowest BCUT2D eigenvalue weighted by molar-refractivity contribution is 0.0688. The molecule has 0 spiro atoms. The second kappa shape index (κ2) is 4.74. The number of carbonyl (C=O) groups is 1. The molecule has 4 nitrogen and oxygen atoms in total. The van der Waals surface area contributed by atoms with Gasteiger partial charge >= 0.3 is 5.97 Å². The molecule has 100 valence electrons. The average molecular weight is 267 g/mol. The standard InChI is InChI=1S/C16H13NO3/c1-20-15-9-5-8-13-12(15)10-14(16(18)19)17(13)11-6-3-2-4-7-11/h2-10H,1H3,(H,18,19). The van der Waals surface area contributed by atoms with Crippen molar-refractivity contribution in [3.63, 3.8) is 0 Å². The van der Waals surface area contributed by atoms with Crippen molar-refractivity contribution >= 4 is 16.9 Å². The Morgan fingerprint density at radius 2 is 1.85 bits per heavy atom. The maximum atomic E-state index is 11.5. The number of rotatable bonds is 3.